The van der Waals surface area contributed by atoms with E-state index in [0.29, 0.717) is 24.5 Å². The van der Waals surface area contributed by atoms with E-state index in [1.807, 2.05) is 16.7 Å². The first-order chi connectivity index (χ1) is 12.7. The second kappa shape index (κ2) is 9.58. The molecule has 3 saturated heterocycles. The molecule has 2 amide bonds. The van der Waals surface area contributed by atoms with Gasteiger partial charge in [-0.1, -0.05) is 0 Å². The van der Waals surface area contributed by atoms with Gasteiger partial charge in [-0.25, -0.2) is 4.79 Å². The Balaban J connectivity index is 1.39. The Morgan fingerprint density at radius 2 is 1.65 bits per heavy atom. The summed E-state index contributed by atoms with van der Waals surface area (Å²) in [5.74, 6) is 1.01. The Morgan fingerprint density at radius 3 is 2.35 bits per heavy atom. The van der Waals surface area contributed by atoms with Crippen LogP contribution in [0.25, 0.3) is 0 Å². The fourth-order valence-electron chi connectivity index (χ4n) is 4.75. The highest BCUT2D eigenvalue weighted by molar-refractivity contribution is 5.76. The standard InChI is InChI=1S/C20H35N3O3/c1-2-26-20(25)22-14-9-18(10-15-22)23-13-5-6-17(16-23)7-8-19(24)21-11-3-4-12-21/h17-18H,2-16H2,1H3/t17-/m0/s1. The van der Waals surface area contributed by atoms with Crippen molar-refractivity contribution in [3.63, 3.8) is 0 Å². The Morgan fingerprint density at radius 1 is 0.923 bits per heavy atom. The number of hydrogen-bond donors (Lipinski definition) is 0. The molecule has 3 aliphatic heterocycles. The maximum absolute atomic E-state index is 12.3. The molecule has 148 valence electrons. The van der Waals surface area contributed by atoms with Crippen LogP contribution in [0.15, 0.2) is 0 Å². The third kappa shape index (κ3) is 5.12. The summed E-state index contributed by atoms with van der Waals surface area (Å²) < 4.78 is 5.11. The molecule has 0 saturated carbocycles. The minimum Gasteiger partial charge on any atom is -0.450 e. The summed E-state index contributed by atoms with van der Waals surface area (Å²) in [5, 5.41) is 0. The van der Waals surface area contributed by atoms with Gasteiger partial charge in [0.1, 0.15) is 0 Å². The number of rotatable bonds is 5. The predicted octanol–water partition coefficient (Wildman–Crippen LogP) is 2.72. The highest BCUT2D eigenvalue weighted by Gasteiger charge is 2.31. The molecule has 0 N–H and O–H groups in total. The minimum absolute atomic E-state index is 0.164. The van der Waals surface area contributed by atoms with Crippen molar-refractivity contribution in [2.75, 3.05) is 45.9 Å². The van der Waals surface area contributed by atoms with Gasteiger partial charge in [-0.2, -0.15) is 0 Å². The molecular weight excluding hydrogens is 330 g/mol. The van der Waals surface area contributed by atoms with Crippen molar-refractivity contribution in [2.45, 2.75) is 64.3 Å². The van der Waals surface area contributed by atoms with Crippen molar-refractivity contribution in [1.29, 1.82) is 0 Å². The Bertz CT molecular complexity index is 471. The van der Waals surface area contributed by atoms with Crippen LogP contribution >= 0.6 is 0 Å². The van der Waals surface area contributed by atoms with Gasteiger partial charge in [0.15, 0.2) is 0 Å². The Kier molecular flexibility index (Phi) is 7.17. The van der Waals surface area contributed by atoms with E-state index in [4.69, 9.17) is 4.74 Å². The van der Waals surface area contributed by atoms with Crippen LogP contribution in [0.2, 0.25) is 0 Å². The smallest absolute Gasteiger partial charge is 0.409 e. The van der Waals surface area contributed by atoms with Crippen molar-refractivity contribution < 1.29 is 14.3 Å². The number of carbonyl (C=O) groups excluding carboxylic acids is 2. The van der Waals surface area contributed by atoms with Gasteiger partial charge in [0.25, 0.3) is 0 Å². The molecule has 0 unspecified atom stereocenters. The maximum atomic E-state index is 12.3. The first-order valence-corrected chi connectivity index (χ1v) is 10.6. The van der Waals surface area contributed by atoms with E-state index in [-0.39, 0.29) is 6.09 Å². The van der Waals surface area contributed by atoms with Gasteiger partial charge in [-0.3, -0.25) is 9.69 Å². The summed E-state index contributed by atoms with van der Waals surface area (Å²) in [5.41, 5.74) is 0. The van der Waals surface area contributed by atoms with Crippen LogP contribution in [0.3, 0.4) is 0 Å². The van der Waals surface area contributed by atoms with Crippen molar-refractivity contribution in [3.8, 4) is 0 Å². The SMILES string of the molecule is CCOC(=O)N1CCC(N2CCC[C@@H](CCC(=O)N3CCCC3)C2)CC1. The molecule has 1 atom stereocenters. The summed E-state index contributed by atoms with van der Waals surface area (Å²) in [6, 6.07) is 0.581. The van der Waals surface area contributed by atoms with Crippen LogP contribution in [0.5, 0.6) is 0 Å². The van der Waals surface area contributed by atoms with Crippen LogP contribution in [0, 0.1) is 5.92 Å². The van der Waals surface area contributed by atoms with Crippen LogP contribution in [-0.4, -0.2) is 78.6 Å². The number of hydrogen-bond acceptors (Lipinski definition) is 4. The normalized spacial score (nSPS) is 25.5. The second-order valence-corrected chi connectivity index (χ2v) is 8.05. The lowest BCUT2D eigenvalue weighted by atomic mass is 9.90. The third-order valence-electron chi connectivity index (χ3n) is 6.28. The summed E-state index contributed by atoms with van der Waals surface area (Å²) in [6.45, 7) is 8.13. The highest BCUT2D eigenvalue weighted by Crippen LogP contribution is 2.27. The number of amides is 2. The van der Waals surface area contributed by atoms with Crippen LogP contribution in [-0.2, 0) is 9.53 Å². The zero-order valence-corrected chi connectivity index (χ0v) is 16.3. The number of carbonyl (C=O) groups is 2. The van der Waals surface area contributed by atoms with Gasteiger partial charge in [0, 0.05) is 45.2 Å². The van der Waals surface area contributed by atoms with E-state index < -0.39 is 0 Å². The van der Waals surface area contributed by atoms with E-state index in [1.165, 1.54) is 32.2 Å². The molecule has 0 aromatic carbocycles. The number of ether oxygens (including phenoxy) is 1. The second-order valence-electron chi connectivity index (χ2n) is 8.05. The topological polar surface area (TPSA) is 53.1 Å². The zero-order chi connectivity index (χ0) is 18.4. The number of piperidine rings is 2. The van der Waals surface area contributed by atoms with E-state index in [2.05, 4.69) is 4.90 Å². The van der Waals surface area contributed by atoms with Crippen molar-refractivity contribution >= 4 is 12.0 Å². The van der Waals surface area contributed by atoms with Crippen LogP contribution in [0.4, 0.5) is 4.79 Å². The van der Waals surface area contributed by atoms with Gasteiger partial charge in [0.05, 0.1) is 6.61 Å². The molecule has 6 nitrogen and oxygen atoms in total. The fourth-order valence-corrected chi connectivity index (χ4v) is 4.75. The van der Waals surface area contributed by atoms with Crippen molar-refractivity contribution in [1.82, 2.24) is 14.7 Å². The van der Waals surface area contributed by atoms with Crippen LogP contribution in [0.1, 0.15) is 58.3 Å². The highest BCUT2D eigenvalue weighted by atomic mass is 16.6. The lowest BCUT2D eigenvalue weighted by molar-refractivity contribution is -0.130. The van der Waals surface area contributed by atoms with Gasteiger partial charge in [-0.05, 0) is 64.3 Å². The molecule has 3 fully saturated rings. The monoisotopic (exact) mass is 365 g/mol. The van der Waals surface area contributed by atoms with Gasteiger partial charge in [0.2, 0.25) is 5.91 Å². The summed E-state index contributed by atoms with van der Waals surface area (Å²) in [7, 11) is 0. The summed E-state index contributed by atoms with van der Waals surface area (Å²) >= 11 is 0. The van der Waals surface area contributed by atoms with Gasteiger partial charge in [-0.15, -0.1) is 0 Å². The average molecular weight is 366 g/mol. The molecule has 6 heteroatoms. The summed E-state index contributed by atoms with van der Waals surface area (Å²) in [4.78, 5) is 30.6. The van der Waals surface area contributed by atoms with Crippen LogP contribution < -0.4 is 0 Å². The Labute approximate surface area is 157 Å². The fraction of sp³-hybridized carbons (Fsp3) is 0.900. The minimum atomic E-state index is -0.164. The first-order valence-electron chi connectivity index (χ1n) is 10.6. The quantitative estimate of drug-likeness (QED) is 0.752. The molecule has 0 bridgehead atoms. The van der Waals surface area contributed by atoms with Crippen molar-refractivity contribution in [3.05, 3.63) is 0 Å². The molecule has 26 heavy (non-hydrogen) atoms. The third-order valence-corrected chi connectivity index (χ3v) is 6.28. The molecule has 3 rings (SSSR count). The molecule has 0 aromatic heterocycles. The molecular formula is C20H35N3O3. The zero-order valence-electron chi connectivity index (χ0n) is 16.3. The lowest BCUT2D eigenvalue weighted by Gasteiger charge is -2.42. The van der Waals surface area contributed by atoms with Gasteiger partial charge >= 0.3 is 6.09 Å². The van der Waals surface area contributed by atoms with E-state index >= 15 is 0 Å². The molecule has 3 heterocycles. The van der Waals surface area contributed by atoms with Gasteiger partial charge < -0.3 is 14.5 Å². The summed E-state index contributed by atoms with van der Waals surface area (Å²) in [6.07, 6.45) is 8.51. The number of nitrogens with zero attached hydrogens (tertiary/aromatic N) is 3. The maximum Gasteiger partial charge on any atom is 0.409 e. The van der Waals surface area contributed by atoms with E-state index in [1.54, 1.807) is 0 Å². The van der Waals surface area contributed by atoms with E-state index in [0.717, 1.165) is 58.4 Å². The first kappa shape index (κ1) is 19.5. The molecule has 0 aromatic rings. The Hall–Kier alpha value is -1.30. The lowest BCUT2D eigenvalue weighted by Crippen LogP contribution is -2.49. The molecule has 0 radical (unpaired) electrons. The van der Waals surface area contributed by atoms with Crippen molar-refractivity contribution in [2.24, 2.45) is 5.92 Å². The average Bonchev–Trinajstić information content (AvgIpc) is 3.22. The molecule has 3 aliphatic rings. The largest absolute Gasteiger partial charge is 0.450 e. The van der Waals surface area contributed by atoms with E-state index in [9.17, 15) is 9.59 Å². The predicted molar refractivity (Wildman–Crippen MR) is 101 cm³/mol. The number of likely N-dealkylation sites (tertiary alicyclic amines) is 3. The molecule has 0 aliphatic carbocycles. The molecule has 0 spiro atoms.